The van der Waals surface area contributed by atoms with Gasteiger partial charge in [-0.05, 0) is 31.1 Å². The fourth-order valence-electron chi connectivity index (χ4n) is 2.03. The zero-order valence-corrected chi connectivity index (χ0v) is 8.36. The second kappa shape index (κ2) is 4.06. The molecule has 0 aromatic heterocycles. The largest absolute Gasteiger partial charge is 0.300 e. The summed E-state index contributed by atoms with van der Waals surface area (Å²) in [5.41, 5.74) is 0.528. The Hall–Kier alpha value is -0.330. The van der Waals surface area contributed by atoms with Gasteiger partial charge in [-0.15, -0.1) is 0 Å². The lowest BCUT2D eigenvalue weighted by Gasteiger charge is -2.29. The van der Waals surface area contributed by atoms with Crippen molar-refractivity contribution >= 4 is 5.78 Å². The molecule has 1 aliphatic carbocycles. The Morgan fingerprint density at radius 1 is 1.25 bits per heavy atom. The molecular weight excluding hydrogens is 148 g/mol. The molecule has 12 heavy (non-hydrogen) atoms. The van der Waals surface area contributed by atoms with Crippen LogP contribution in [0.5, 0.6) is 0 Å². The van der Waals surface area contributed by atoms with Crippen LogP contribution in [0.4, 0.5) is 0 Å². The van der Waals surface area contributed by atoms with Gasteiger partial charge in [0.2, 0.25) is 0 Å². The SMILES string of the molecule is CCC1(C)CCCC(=O)CCC1. The number of carbonyl (C=O) groups excluding carboxylic acids is 1. The smallest absolute Gasteiger partial charge is 0.132 e. The first-order chi connectivity index (χ1) is 5.66. The Morgan fingerprint density at radius 2 is 1.75 bits per heavy atom. The van der Waals surface area contributed by atoms with E-state index in [1.165, 1.54) is 19.3 Å². The normalized spacial score (nSPS) is 24.7. The van der Waals surface area contributed by atoms with Gasteiger partial charge in [0, 0.05) is 12.8 Å². The summed E-state index contributed by atoms with van der Waals surface area (Å²) in [5.74, 6) is 0.480. The molecule has 1 saturated carbocycles. The predicted molar refractivity (Wildman–Crippen MR) is 51.1 cm³/mol. The Morgan fingerprint density at radius 3 is 2.17 bits per heavy atom. The summed E-state index contributed by atoms with van der Waals surface area (Å²) in [4.78, 5) is 11.1. The highest BCUT2D eigenvalue weighted by molar-refractivity contribution is 5.78. The summed E-state index contributed by atoms with van der Waals surface area (Å²) in [6, 6.07) is 0. The molecule has 0 aromatic rings. The minimum absolute atomic E-state index is 0.480. The first-order valence-electron chi connectivity index (χ1n) is 5.18. The molecule has 0 unspecified atom stereocenters. The van der Waals surface area contributed by atoms with Crippen LogP contribution in [0.15, 0.2) is 0 Å². The van der Waals surface area contributed by atoms with Crippen LogP contribution in [0, 0.1) is 5.41 Å². The molecule has 0 N–H and O–H groups in total. The number of ketones is 1. The second-order valence-corrected chi connectivity index (χ2v) is 4.41. The molecule has 1 nitrogen and oxygen atoms in total. The van der Waals surface area contributed by atoms with Crippen molar-refractivity contribution in [2.45, 2.75) is 58.8 Å². The Kier molecular flexibility index (Phi) is 3.30. The van der Waals surface area contributed by atoms with E-state index in [0.29, 0.717) is 11.2 Å². The van der Waals surface area contributed by atoms with Gasteiger partial charge < -0.3 is 0 Å². The summed E-state index contributed by atoms with van der Waals surface area (Å²) in [5, 5.41) is 0. The Labute approximate surface area is 75.5 Å². The van der Waals surface area contributed by atoms with Crippen LogP contribution in [0.1, 0.15) is 58.8 Å². The van der Waals surface area contributed by atoms with Crippen molar-refractivity contribution in [2.24, 2.45) is 5.41 Å². The average Bonchev–Trinajstić information content (AvgIpc) is 2.01. The van der Waals surface area contributed by atoms with Gasteiger partial charge in [0.15, 0.2) is 0 Å². The topological polar surface area (TPSA) is 17.1 Å². The van der Waals surface area contributed by atoms with E-state index >= 15 is 0 Å². The van der Waals surface area contributed by atoms with E-state index in [4.69, 9.17) is 0 Å². The minimum Gasteiger partial charge on any atom is -0.300 e. The van der Waals surface area contributed by atoms with Crippen LogP contribution in [0.2, 0.25) is 0 Å². The van der Waals surface area contributed by atoms with Gasteiger partial charge in [-0.25, -0.2) is 0 Å². The van der Waals surface area contributed by atoms with Gasteiger partial charge in [-0.1, -0.05) is 20.3 Å². The maximum absolute atomic E-state index is 11.1. The lowest BCUT2D eigenvalue weighted by Crippen LogP contribution is -2.18. The van der Waals surface area contributed by atoms with Crippen LogP contribution < -0.4 is 0 Å². The first kappa shape index (κ1) is 9.76. The molecule has 1 heteroatoms. The van der Waals surface area contributed by atoms with Crippen molar-refractivity contribution in [3.05, 3.63) is 0 Å². The third-order valence-corrected chi connectivity index (χ3v) is 3.33. The van der Waals surface area contributed by atoms with Gasteiger partial charge in [-0.2, -0.15) is 0 Å². The van der Waals surface area contributed by atoms with Crippen molar-refractivity contribution in [3.63, 3.8) is 0 Å². The number of Topliss-reactive ketones (excluding diaryl/α,β-unsaturated/α-hetero) is 1. The fourth-order valence-corrected chi connectivity index (χ4v) is 2.03. The van der Waals surface area contributed by atoms with E-state index in [0.717, 1.165) is 25.7 Å². The number of hydrogen-bond donors (Lipinski definition) is 0. The van der Waals surface area contributed by atoms with Crippen LogP contribution in [0.3, 0.4) is 0 Å². The van der Waals surface area contributed by atoms with E-state index in [-0.39, 0.29) is 0 Å². The van der Waals surface area contributed by atoms with Crippen LogP contribution >= 0.6 is 0 Å². The van der Waals surface area contributed by atoms with E-state index < -0.39 is 0 Å². The fraction of sp³-hybridized carbons (Fsp3) is 0.909. The summed E-state index contributed by atoms with van der Waals surface area (Å²) in [6.07, 6.45) is 7.64. The second-order valence-electron chi connectivity index (χ2n) is 4.41. The molecule has 1 rings (SSSR count). The molecule has 0 radical (unpaired) electrons. The minimum atomic E-state index is 0.480. The van der Waals surface area contributed by atoms with E-state index in [9.17, 15) is 4.79 Å². The maximum atomic E-state index is 11.1. The van der Waals surface area contributed by atoms with E-state index in [2.05, 4.69) is 13.8 Å². The standard InChI is InChI=1S/C11H20O/c1-3-11(2)8-4-6-10(12)7-5-9-11/h3-9H2,1-2H3. The van der Waals surface area contributed by atoms with Gasteiger partial charge in [0.1, 0.15) is 5.78 Å². The highest BCUT2D eigenvalue weighted by atomic mass is 16.1. The molecule has 1 fully saturated rings. The highest BCUT2D eigenvalue weighted by Gasteiger charge is 2.23. The number of rotatable bonds is 1. The zero-order chi connectivity index (χ0) is 9.03. The third kappa shape index (κ3) is 2.62. The molecule has 0 aromatic carbocycles. The van der Waals surface area contributed by atoms with Crippen LogP contribution in [0.25, 0.3) is 0 Å². The Bertz CT molecular complexity index is 148. The van der Waals surface area contributed by atoms with E-state index in [1.54, 1.807) is 0 Å². The summed E-state index contributed by atoms with van der Waals surface area (Å²) in [6.45, 7) is 4.63. The molecule has 0 saturated heterocycles. The lowest BCUT2D eigenvalue weighted by atomic mass is 9.76. The number of carbonyl (C=O) groups is 1. The molecule has 0 atom stereocenters. The maximum Gasteiger partial charge on any atom is 0.132 e. The van der Waals surface area contributed by atoms with Crippen molar-refractivity contribution in [3.8, 4) is 0 Å². The van der Waals surface area contributed by atoms with Crippen molar-refractivity contribution in [1.82, 2.24) is 0 Å². The summed E-state index contributed by atoms with van der Waals surface area (Å²) < 4.78 is 0. The molecule has 1 aliphatic rings. The summed E-state index contributed by atoms with van der Waals surface area (Å²) in [7, 11) is 0. The van der Waals surface area contributed by atoms with Crippen LogP contribution in [-0.2, 0) is 4.79 Å². The monoisotopic (exact) mass is 168 g/mol. The summed E-state index contributed by atoms with van der Waals surface area (Å²) >= 11 is 0. The Balaban J connectivity index is 2.45. The highest BCUT2D eigenvalue weighted by Crippen LogP contribution is 2.35. The van der Waals surface area contributed by atoms with Crippen LogP contribution in [-0.4, -0.2) is 5.78 Å². The number of hydrogen-bond acceptors (Lipinski definition) is 1. The first-order valence-corrected chi connectivity index (χ1v) is 5.18. The average molecular weight is 168 g/mol. The van der Waals surface area contributed by atoms with Crippen molar-refractivity contribution in [1.29, 1.82) is 0 Å². The predicted octanol–water partition coefficient (Wildman–Crippen LogP) is 3.33. The van der Waals surface area contributed by atoms with Gasteiger partial charge in [0.05, 0.1) is 0 Å². The molecule has 0 bridgehead atoms. The zero-order valence-electron chi connectivity index (χ0n) is 8.36. The molecule has 0 heterocycles. The molecule has 0 spiro atoms. The van der Waals surface area contributed by atoms with Gasteiger partial charge >= 0.3 is 0 Å². The quantitative estimate of drug-likeness (QED) is 0.587. The van der Waals surface area contributed by atoms with Gasteiger partial charge in [-0.3, -0.25) is 4.79 Å². The van der Waals surface area contributed by atoms with Crippen molar-refractivity contribution in [2.75, 3.05) is 0 Å². The molecule has 0 amide bonds. The molecule has 70 valence electrons. The lowest BCUT2D eigenvalue weighted by molar-refractivity contribution is -0.119. The van der Waals surface area contributed by atoms with E-state index in [1.807, 2.05) is 0 Å². The third-order valence-electron chi connectivity index (χ3n) is 3.33. The molecule has 0 aliphatic heterocycles. The van der Waals surface area contributed by atoms with Gasteiger partial charge in [0.25, 0.3) is 0 Å². The molecular formula is C11H20O. The van der Waals surface area contributed by atoms with Crippen molar-refractivity contribution < 1.29 is 4.79 Å².